The molecule has 3 aromatic heterocycles. The Balaban J connectivity index is 1.64. The number of amides is 1. The topological polar surface area (TPSA) is 75.1 Å². The van der Waals surface area contributed by atoms with Gasteiger partial charge in [-0.1, -0.05) is 29.8 Å². The standard InChI is InChI=1S/C22H19ClN4O2S/c1-15-18-12-20(21(28)26(10-5-9-24)14-17-7-4-11-29-17)30-22(18)27(25-15)13-16-6-2-3-8-19(16)23/h2-4,6-8,11-12H,5,10,13-14H2,1H3. The molecule has 3 heterocycles. The first kappa shape index (κ1) is 20.2. The number of hydrogen-bond acceptors (Lipinski definition) is 5. The second-order valence-corrected chi connectivity index (χ2v) is 8.32. The van der Waals surface area contributed by atoms with Gasteiger partial charge in [-0.25, -0.2) is 0 Å². The van der Waals surface area contributed by atoms with Gasteiger partial charge in [-0.3, -0.25) is 9.48 Å². The third-order valence-electron chi connectivity index (χ3n) is 4.80. The first-order chi connectivity index (χ1) is 14.6. The summed E-state index contributed by atoms with van der Waals surface area (Å²) < 4.78 is 7.28. The average molecular weight is 439 g/mol. The van der Waals surface area contributed by atoms with Crippen LogP contribution in [0, 0.1) is 18.3 Å². The molecule has 0 spiro atoms. The van der Waals surface area contributed by atoms with E-state index in [1.807, 2.05) is 48.0 Å². The number of rotatable bonds is 7. The van der Waals surface area contributed by atoms with Gasteiger partial charge in [0.15, 0.2) is 0 Å². The molecule has 0 unspecified atom stereocenters. The van der Waals surface area contributed by atoms with Gasteiger partial charge in [-0.2, -0.15) is 10.4 Å². The second kappa shape index (κ2) is 8.74. The Morgan fingerprint density at radius 3 is 2.90 bits per heavy atom. The Morgan fingerprint density at radius 2 is 2.17 bits per heavy atom. The van der Waals surface area contributed by atoms with Gasteiger partial charge in [0.25, 0.3) is 5.91 Å². The number of hydrogen-bond donors (Lipinski definition) is 0. The van der Waals surface area contributed by atoms with Crippen molar-refractivity contribution in [1.29, 1.82) is 5.26 Å². The van der Waals surface area contributed by atoms with Crippen LogP contribution in [-0.2, 0) is 13.1 Å². The SMILES string of the molecule is Cc1nn(Cc2ccccc2Cl)c2sc(C(=O)N(CCC#N)Cc3ccco3)cc12. The number of carbonyl (C=O) groups is 1. The van der Waals surface area contributed by atoms with Gasteiger partial charge in [0.1, 0.15) is 10.6 Å². The highest BCUT2D eigenvalue weighted by Crippen LogP contribution is 2.30. The number of benzene rings is 1. The Labute approximate surface area is 182 Å². The summed E-state index contributed by atoms with van der Waals surface area (Å²) in [6, 6.07) is 15.3. The van der Waals surface area contributed by atoms with Crippen molar-refractivity contribution in [3.05, 3.63) is 75.6 Å². The number of aryl methyl sites for hydroxylation is 1. The molecular weight excluding hydrogens is 420 g/mol. The van der Waals surface area contributed by atoms with E-state index in [-0.39, 0.29) is 12.3 Å². The highest BCUT2D eigenvalue weighted by molar-refractivity contribution is 7.20. The molecule has 1 aromatic carbocycles. The lowest BCUT2D eigenvalue weighted by Crippen LogP contribution is -2.30. The average Bonchev–Trinajstić information content (AvgIpc) is 3.46. The van der Waals surface area contributed by atoms with E-state index in [2.05, 4.69) is 11.2 Å². The van der Waals surface area contributed by atoms with E-state index in [1.54, 1.807) is 17.2 Å². The minimum atomic E-state index is -0.119. The summed E-state index contributed by atoms with van der Waals surface area (Å²) in [7, 11) is 0. The molecule has 0 saturated heterocycles. The van der Waals surface area contributed by atoms with Crippen LogP contribution in [0.1, 0.15) is 33.1 Å². The number of furan rings is 1. The quantitative estimate of drug-likeness (QED) is 0.394. The van der Waals surface area contributed by atoms with E-state index in [9.17, 15) is 4.79 Å². The van der Waals surface area contributed by atoms with Crippen molar-refractivity contribution in [1.82, 2.24) is 14.7 Å². The lowest BCUT2D eigenvalue weighted by molar-refractivity contribution is 0.0740. The van der Waals surface area contributed by atoms with Gasteiger partial charge in [0.05, 0.1) is 42.4 Å². The molecule has 8 heteroatoms. The Bertz CT molecular complexity index is 1220. The number of thiophene rings is 1. The third-order valence-corrected chi connectivity index (χ3v) is 6.31. The predicted octanol–water partition coefficient (Wildman–Crippen LogP) is 5.26. The van der Waals surface area contributed by atoms with Gasteiger partial charge in [0, 0.05) is 17.0 Å². The van der Waals surface area contributed by atoms with Crippen LogP contribution in [0.15, 0.2) is 53.1 Å². The van der Waals surface area contributed by atoms with Gasteiger partial charge in [-0.15, -0.1) is 11.3 Å². The van der Waals surface area contributed by atoms with Gasteiger partial charge in [0.2, 0.25) is 0 Å². The Kier molecular flexibility index (Phi) is 5.88. The van der Waals surface area contributed by atoms with Crippen LogP contribution in [0.3, 0.4) is 0 Å². The molecule has 1 amide bonds. The zero-order valence-corrected chi connectivity index (χ0v) is 17.9. The second-order valence-electron chi connectivity index (χ2n) is 6.88. The van der Waals surface area contributed by atoms with E-state index in [1.165, 1.54) is 11.3 Å². The van der Waals surface area contributed by atoms with Crippen LogP contribution in [0.25, 0.3) is 10.2 Å². The van der Waals surface area contributed by atoms with Crippen molar-refractivity contribution >= 4 is 39.1 Å². The normalized spacial score (nSPS) is 11.0. The number of nitrogens with zero attached hydrogens (tertiary/aromatic N) is 4. The monoisotopic (exact) mass is 438 g/mol. The summed E-state index contributed by atoms with van der Waals surface area (Å²) in [5.74, 6) is 0.565. The third kappa shape index (κ3) is 4.11. The fourth-order valence-electron chi connectivity index (χ4n) is 3.30. The Hall–Kier alpha value is -3.08. The zero-order chi connectivity index (χ0) is 21.1. The van der Waals surface area contributed by atoms with Crippen LogP contribution >= 0.6 is 22.9 Å². The smallest absolute Gasteiger partial charge is 0.264 e. The maximum atomic E-state index is 13.2. The van der Waals surface area contributed by atoms with E-state index >= 15 is 0 Å². The fourth-order valence-corrected chi connectivity index (χ4v) is 4.62. The highest BCUT2D eigenvalue weighted by atomic mass is 35.5. The van der Waals surface area contributed by atoms with E-state index < -0.39 is 0 Å². The first-order valence-electron chi connectivity index (χ1n) is 9.45. The molecule has 152 valence electrons. The number of carbonyl (C=O) groups excluding carboxylic acids is 1. The lowest BCUT2D eigenvalue weighted by atomic mass is 10.2. The van der Waals surface area contributed by atoms with Crippen molar-refractivity contribution in [3.8, 4) is 6.07 Å². The van der Waals surface area contributed by atoms with Gasteiger partial charge in [-0.05, 0) is 36.8 Å². The van der Waals surface area contributed by atoms with Gasteiger partial charge >= 0.3 is 0 Å². The number of halogens is 1. The molecule has 0 aliphatic heterocycles. The minimum Gasteiger partial charge on any atom is -0.467 e. The predicted molar refractivity (Wildman–Crippen MR) is 117 cm³/mol. The molecule has 0 N–H and O–H groups in total. The maximum absolute atomic E-state index is 13.2. The number of nitriles is 1. The Morgan fingerprint density at radius 1 is 1.33 bits per heavy atom. The molecule has 6 nitrogen and oxygen atoms in total. The highest BCUT2D eigenvalue weighted by Gasteiger charge is 2.22. The molecule has 0 aliphatic carbocycles. The van der Waals surface area contributed by atoms with E-state index in [0.717, 1.165) is 21.5 Å². The van der Waals surface area contributed by atoms with Gasteiger partial charge < -0.3 is 9.32 Å². The molecule has 4 aromatic rings. The molecule has 0 bridgehead atoms. The van der Waals surface area contributed by atoms with Crippen molar-refractivity contribution in [2.24, 2.45) is 0 Å². The fraction of sp³-hybridized carbons (Fsp3) is 0.227. The summed E-state index contributed by atoms with van der Waals surface area (Å²) in [5, 5.41) is 15.2. The van der Waals surface area contributed by atoms with Crippen LogP contribution in [-0.4, -0.2) is 27.1 Å². The van der Waals surface area contributed by atoms with E-state index in [4.69, 9.17) is 21.3 Å². The largest absolute Gasteiger partial charge is 0.467 e. The molecule has 0 saturated carbocycles. The van der Waals surface area contributed by atoms with Crippen LogP contribution in [0.5, 0.6) is 0 Å². The number of aromatic nitrogens is 2. The van der Waals surface area contributed by atoms with Crippen LogP contribution in [0.2, 0.25) is 5.02 Å². The minimum absolute atomic E-state index is 0.119. The van der Waals surface area contributed by atoms with Crippen LogP contribution < -0.4 is 0 Å². The molecule has 0 atom stereocenters. The summed E-state index contributed by atoms with van der Waals surface area (Å²) in [4.78, 5) is 16.4. The lowest BCUT2D eigenvalue weighted by Gasteiger charge is -2.19. The molecule has 4 rings (SSSR count). The molecule has 0 fully saturated rings. The molecule has 30 heavy (non-hydrogen) atoms. The van der Waals surface area contributed by atoms with E-state index in [0.29, 0.717) is 35.3 Å². The molecular formula is C22H19ClN4O2S. The summed E-state index contributed by atoms with van der Waals surface area (Å²) >= 11 is 7.72. The van der Waals surface area contributed by atoms with Crippen molar-refractivity contribution in [3.63, 3.8) is 0 Å². The van der Waals surface area contributed by atoms with Crippen LogP contribution in [0.4, 0.5) is 0 Å². The summed E-state index contributed by atoms with van der Waals surface area (Å²) in [5.41, 5.74) is 1.83. The summed E-state index contributed by atoms with van der Waals surface area (Å²) in [6.45, 7) is 3.13. The zero-order valence-electron chi connectivity index (χ0n) is 16.3. The van der Waals surface area contributed by atoms with Crippen molar-refractivity contribution < 1.29 is 9.21 Å². The maximum Gasteiger partial charge on any atom is 0.264 e. The molecule has 0 radical (unpaired) electrons. The first-order valence-corrected chi connectivity index (χ1v) is 10.6. The molecule has 0 aliphatic rings. The summed E-state index contributed by atoms with van der Waals surface area (Å²) in [6.07, 6.45) is 1.84. The van der Waals surface area contributed by atoms with Crippen molar-refractivity contribution in [2.45, 2.75) is 26.4 Å². The van der Waals surface area contributed by atoms with Crippen molar-refractivity contribution in [2.75, 3.05) is 6.54 Å². The number of fused-ring (bicyclic) bond motifs is 1.